The number of rotatable bonds is 8. The monoisotopic (exact) mass is 405 g/mol. The molecule has 2 aromatic rings. The Labute approximate surface area is 157 Å². The summed E-state index contributed by atoms with van der Waals surface area (Å²) in [6.07, 6.45) is 0. The van der Waals surface area contributed by atoms with Crippen molar-refractivity contribution in [1.82, 2.24) is 5.32 Å². The fourth-order valence-corrected chi connectivity index (χ4v) is 3.03. The van der Waals surface area contributed by atoms with Gasteiger partial charge in [-0.15, -0.1) is 0 Å². The molecular weight excluding hydrogens is 382 g/mol. The minimum Gasteiger partial charge on any atom is -0.489 e. The van der Waals surface area contributed by atoms with Gasteiger partial charge in [-0.05, 0) is 36.6 Å². The van der Waals surface area contributed by atoms with Crippen LogP contribution in [0.25, 0.3) is 0 Å². The van der Waals surface area contributed by atoms with Crippen molar-refractivity contribution in [1.29, 1.82) is 0 Å². The zero-order valence-corrected chi connectivity index (χ0v) is 16.3. The van der Waals surface area contributed by atoms with Gasteiger partial charge in [0.05, 0.1) is 0 Å². The van der Waals surface area contributed by atoms with Crippen LogP contribution in [-0.2, 0) is 17.9 Å². The van der Waals surface area contributed by atoms with E-state index in [1.54, 1.807) is 0 Å². The van der Waals surface area contributed by atoms with Gasteiger partial charge in [0.25, 0.3) is 0 Å². The molecule has 0 amide bonds. The molecule has 4 nitrogen and oxygen atoms in total. The van der Waals surface area contributed by atoms with E-state index in [-0.39, 0.29) is 5.92 Å². The molecule has 0 fully saturated rings. The van der Waals surface area contributed by atoms with Crippen LogP contribution in [0.5, 0.6) is 5.75 Å². The van der Waals surface area contributed by atoms with Crippen LogP contribution in [0.3, 0.4) is 0 Å². The van der Waals surface area contributed by atoms with E-state index in [0.717, 1.165) is 21.3 Å². The maximum atomic E-state index is 11.4. The topological polar surface area (TPSA) is 58.6 Å². The summed E-state index contributed by atoms with van der Waals surface area (Å²) < 4.78 is 6.91. The highest BCUT2D eigenvalue weighted by molar-refractivity contribution is 9.10. The number of benzene rings is 2. The molecular formula is C20H24BrNO3. The zero-order valence-electron chi connectivity index (χ0n) is 14.8. The molecule has 0 spiro atoms. The van der Waals surface area contributed by atoms with E-state index in [2.05, 4.69) is 40.3 Å². The number of aryl methyl sites for hydroxylation is 1. The molecule has 0 aromatic heterocycles. The summed E-state index contributed by atoms with van der Waals surface area (Å²) in [7, 11) is 0. The summed E-state index contributed by atoms with van der Waals surface area (Å²) in [4.78, 5) is 11.4. The third kappa shape index (κ3) is 5.87. The van der Waals surface area contributed by atoms with Crippen molar-refractivity contribution < 1.29 is 14.6 Å². The van der Waals surface area contributed by atoms with Crippen molar-refractivity contribution >= 4 is 21.9 Å². The normalized spacial score (nSPS) is 12.2. The van der Waals surface area contributed by atoms with Crippen LogP contribution in [0.2, 0.25) is 0 Å². The Morgan fingerprint density at radius 1 is 1.24 bits per heavy atom. The van der Waals surface area contributed by atoms with Crippen LogP contribution < -0.4 is 10.1 Å². The van der Waals surface area contributed by atoms with E-state index in [1.165, 1.54) is 5.56 Å². The second-order valence-electron chi connectivity index (χ2n) is 6.47. The molecule has 1 atom stereocenters. The van der Waals surface area contributed by atoms with Gasteiger partial charge in [0.15, 0.2) is 0 Å². The molecule has 0 aliphatic carbocycles. The average Bonchev–Trinajstić information content (AvgIpc) is 2.53. The number of hydrogen-bond acceptors (Lipinski definition) is 3. The molecule has 0 heterocycles. The highest BCUT2D eigenvalue weighted by atomic mass is 79.9. The van der Waals surface area contributed by atoms with Crippen LogP contribution in [-0.4, -0.2) is 17.1 Å². The summed E-state index contributed by atoms with van der Waals surface area (Å²) in [6, 6.07) is 13.4. The van der Waals surface area contributed by atoms with Gasteiger partial charge < -0.3 is 9.84 Å². The number of aliphatic carboxylic acids is 1. The number of ether oxygens (including phenoxy) is 1. The Bertz CT molecular complexity index is 731. The number of carbonyl (C=O) groups is 1. The Balaban J connectivity index is 2.10. The lowest BCUT2D eigenvalue weighted by Crippen LogP contribution is -2.40. The van der Waals surface area contributed by atoms with E-state index in [0.29, 0.717) is 13.2 Å². The van der Waals surface area contributed by atoms with Crippen LogP contribution in [0.15, 0.2) is 46.9 Å². The first-order valence-electron chi connectivity index (χ1n) is 8.29. The third-order valence-electron chi connectivity index (χ3n) is 3.94. The third-order valence-corrected chi connectivity index (χ3v) is 4.44. The molecule has 0 saturated heterocycles. The van der Waals surface area contributed by atoms with E-state index < -0.39 is 12.0 Å². The second-order valence-corrected chi connectivity index (χ2v) is 7.39. The maximum Gasteiger partial charge on any atom is 0.320 e. The molecule has 2 aromatic carbocycles. The fraction of sp³-hybridized carbons (Fsp3) is 0.350. The van der Waals surface area contributed by atoms with Crippen molar-refractivity contribution in [3.8, 4) is 5.75 Å². The molecule has 0 aliphatic rings. The Morgan fingerprint density at radius 2 is 2.00 bits per heavy atom. The zero-order chi connectivity index (χ0) is 18.4. The highest BCUT2D eigenvalue weighted by Gasteiger charge is 2.21. The quantitative estimate of drug-likeness (QED) is 0.676. The summed E-state index contributed by atoms with van der Waals surface area (Å²) in [5.41, 5.74) is 3.22. The number of halogens is 1. The van der Waals surface area contributed by atoms with Crippen molar-refractivity contribution in [3.63, 3.8) is 0 Å². The second kappa shape index (κ2) is 9.02. The largest absolute Gasteiger partial charge is 0.489 e. The first-order chi connectivity index (χ1) is 11.9. The van der Waals surface area contributed by atoms with Crippen molar-refractivity contribution in [2.75, 3.05) is 0 Å². The molecule has 1 unspecified atom stereocenters. The minimum atomic E-state index is -0.841. The Hall–Kier alpha value is -1.85. The molecule has 2 rings (SSSR count). The molecule has 25 heavy (non-hydrogen) atoms. The van der Waals surface area contributed by atoms with Gasteiger partial charge in [-0.2, -0.15) is 0 Å². The smallest absolute Gasteiger partial charge is 0.320 e. The summed E-state index contributed by atoms with van der Waals surface area (Å²) in [5, 5.41) is 12.4. The lowest BCUT2D eigenvalue weighted by Gasteiger charge is -2.19. The predicted octanol–water partition coefficient (Wildman–Crippen LogP) is 4.54. The van der Waals surface area contributed by atoms with E-state index in [9.17, 15) is 9.90 Å². The Kier molecular flexibility index (Phi) is 7.02. The van der Waals surface area contributed by atoms with Gasteiger partial charge in [0.2, 0.25) is 0 Å². The van der Waals surface area contributed by atoms with E-state index in [1.807, 2.05) is 44.2 Å². The molecule has 134 valence electrons. The lowest BCUT2D eigenvalue weighted by atomic mass is 10.0. The summed E-state index contributed by atoms with van der Waals surface area (Å²) >= 11 is 3.47. The Morgan fingerprint density at radius 3 is 2.64 bits per heavy atom. The predicted molar refractivity (Wildman–Crippen MR) is 103 cm³/mol. The first-order valence-corrected chi connectivity index (χ1v) is 9.09. The van der Waals surface area contributed by atoms with Crippen LogP contribution in [0, 0.1) is 12.8 Å². The molecule has 2 N–H and O–H groups in total. The number of carboxylic acid groups (broad SMARTS) is 1. The van der Waals surface area contributed by atoms with Gasteiger partial charge in [0.1, 0.15) is 18.4 Å². The van der Waals surface area contributed by atoms with Gasteiger partial charge in [-0.1, -0.05) is 59.6 Å². The molecule has 0 saturated carbocycles. The van der Waals surface area contributed by atoms with Gasteiger partial charge in [0, 0.05) is 16.6 Å². The van der Waals surface area contributed by atoms with Crippen LogP contribution in [0.1, 0.15) is 30.5 Å². The van der Waals surface area contributed by atoms with Crippen molar-refractivity contribution in [3.05, 3.63) is 63.6 Å². The van der Waals surface area contributed by atoms with E-state index >= 15 is 0 Å². The lowest BCUT2D eigenvalue weighted by molar-refractivity contribution is -0.140. The van der Waals surface area contributed by atoms with Gasteiger partial charge >= 0.3 is 5.97 Å². The van der Waals surface area contributed by atoms with Crippen molar-refractivity contribution in [2.45, 2.75) is 40.0 Å². The fourth-order valence-electron chi connectivity index (χ4n) is 2.62. The van der Waals surface area contributed by atoms with Gasteiger partial charge in [-0.25, -0.2) is 0 Å². The van der Waals surface area contributed by atoms with Gasteiger partial charge in [-0.3, -0.25) is 10.1 Å². The number of nitrogens with one attached hydrogen (secondary N) is 1. The first kappa shape index (κ1) is 19.5. The van der Waals surface area contributed by atoms with E-state index in [4.69, 9.17) is 4.74 Å². The number of carboxylic acids is 1. The summed E-state index contributed by atoms with van der Waals surface area (Å²) in [5.74, 6) is -0.0846. The standard InChI is InChI=1S/C20H24BrNO3/c1-13(2)19(20(23)24)22-11-16-10-17(21)7-8-18(16)25-12-15-6-4-5-14(3)9-15/h4-10,13,19,22H,11-12H2,1-3H3,(H,23,24). The maximum absolute atomic E-state index is 11.4. The van der Waals surface area contributed by atoms with Crippen LogP contribution in [0.4, 0.5) is 0 Å². The minimum absolute atomic E-state index is 0.00122. The van der Waals surface area contributed by atoms with Crippen LogP contribution >= 0.6 is 15.9 Å². The summed E-state index contributed by atoms with van der Waals surface area (Å²) in [6.45, 7) is 6.74. The highest BCUT2D eigenvalue weighted by Crippen LogP contribution is 2.24. The molecule has 0 bridgehead atoms. The SMILES string of the molecule is Cc1cccc(COc2ccc(Br)cc2CNC(C(=O)O)C(C)C)c1. The molecule has 0 aliphatic heterocycles. The number of hydrogen-bond donors (Lipinski definition) is 2. The van der Waals surface area contributed by atoms with Crippen molar-refractivity contribution in [2.24, 2.45) is 5.92 Å². The molecule has 0 radical (unpaired) electrons. The molecule has 5 heteroatoms. The average molecular weight is 406 g/mol.